The SMILES string of the molecule is C=CCOc1ccccc1/C=C/C(=O)Nc1sc2c(c1C#N)CCN(C(=O)OCCOC)C2. The Balaban J connectivity index is 1.69. The second-order valence-electron chi connectivity index (χ2n) is 7.06. The van der Waals surface area contributed by atoms with Crippen molar-refractivity contribution in [1.29, 1.82) is 5.26 Å². The van der Waals surface area contributed by atoms with Crippen molar-refractivity contribution in [3.05, 3.63) is 64.6 Å². The van der Waals surface area contributed by atoms with Crippen LogP contribution in [0.25, 0.3) is 6.08 Å². The second-order valence-corrected chi connectivity index (χ2v) is 8.16. The molecule has 1 aromatic heterocycles. The van der Waals surface area contributed by atoms with Gasteiger partial charge in [-0.1, -0.05) is 30.9 Å². The summed E-state index contributed by atoms with van der Waals surface area (Å²) in [5, 5.41) is 12.9. The molecule has 2 heterocycles. The van der Waals surface area contributed by atoms with Crippen LogP contribution in [0.5, 0.6) is 5.75 Å². The van der Waals surface area contributed by atoms with Crippen LogP contribution in [0, 0.1) is 11.3 Å². The number of carbonyl (C=O) groups excluding carboxylic acids is 2. The van der Waals surface area contributed by atoms with Crippen molar-refractivity contribution in [3.8, 4) is 11.8 Å². The molecule has 2 aromatic rings. The van der Waals surface area contributed by atoms with Crippen molar-refractivity contribution in [2.75, 3.05) is 38.8 Å². The second kappa shape index (κ2) is 11.9. The predicted octanol–water partition coefficient (Wildman–Crippen LogP) is 3.98. The van der Waals surface area contributed by atoms with Gasteiger partial charge in [-0.2, -0.15) is 5.26 Å². The van der Waals surface area contributed by atoms with Gasteiger partial charge in [0.2, 0.25) is 5.91 Å². The summed E-state index contributed by atoms with van der Waals surface area (Å²) in [7, 11) is 1.54. The van der Waals surface area contributed by atoms with Crippen LogP contribution in [-0.2, 0) is 27.2 Å². The van der Waals surface area contributed by atoms with E-state index in [2.05, 4.69) is 18.0 Å². The van der Waals surface area contributed by atoms with Crippen LogP contribution >= 0.6 is 11.3 Å². The average molecular weight is 468 g/mol. The molecule has 2 amide bonds. The van der Waals surface area contributed by atoms with Gasteiger partial charge in [0.15, 0.2) is 0 Å². The molecule has 1 aliphatic heterocycles. The summed E-state index contributed by atoms with van der Waals surface area (Å²) in [5.41, 5.74) is 2.06. The molecule has 1 N–H and O–H groups in total. The molecule has 0 aliphatic carbocycles. The molecular formula is C24H25N3O5S. The van der Waals surface area contributed by atoms with Crippen LogP contribution < -0.4 is 10.1 Å². The van der Waals surface area contributed by atoms with Gasteiger partial charge < -0.3 is 24.4 Å². The fraction of sp³-hybridized carbons (Fsp3) is 0.292. The standard InChI is InChI=1S/C24H25N3O5S/c1-3-12-31-20-7-5-4-6-17(20)8-9-22(28)26-23-19(15-25)18-10-11-27(16-21(18)33-23)24(29)32-14-13-30-2/h3-9H,1,10-14,16H2,2H3,(H,26,28)/b9-8+. The third-order valence-corrected chi connectivity index (χ3v) is 6.00. The average Bonchev–Trinajstić information content (AvgIpc) is 3.17. The van der Waals surface area contributed by atoms with Crippen molar-refractivity contribution >= 4 is 34.4 Å². The van der Waals surface area contributed by atoms with Gasteiger partial charge in [0.05, 0.1) is 18.7 Å². The normalized spacial score (nSPS) is 12.7. The molecule has 1 aromatic carbocycles. The third kappa shape index (κ3) is 6.22. The van der Waals surface area contributed by atoms with Gasteiger partial charge in [-0.25, -0.2) is 4.79 Å². The summed E-state index contributed by atoms with van der Waals surface area (Å²) in [5.74, 6) is 0.280. The number of carbonyl (C=O) groups is 2. The Morgan fingerprint density at radius 3 is 2.91 bits per heavy atom. The van der Waals surface area contributed by atoms with E-state index in [-0.39, 0.29) is 12.5 Å². The highest BCUT2D eigenvalue weighted by Gasteiger charge is 2.28. The van der Waals surface area contributed by atoms with Crippen LogP contribution in [0.4, 0.5) is 9.80 Å². The van der Waals surface area contributed by atoms with E-state index >= 15 is 0 Å². The lowest BCUT2D eigenvalue weighted by molar-refractivity contribution is -0.111. The topological polar surface area (TPSA) is 101 Å². The van der Waals surface area contributed by atoms with Gasteiger partial charge in [-0.05, 0) is 24.1 Å². The molecule has 0 radical (unpaired) electrons. The van der Waals surface area contributed by atoms with Crippen molar-refractivity contribution in [3.63, 3.8) is 0 Å². The zero-order valence-corrected chi connectivity index (χ0v) is 19.2. The maximum absolute atomic E-state index is 12.6. The zero-order chi connectivity index (χ0) is 23.6. The number of nitrogens with zero attached hydrogens (tertiary/aromatic N) is 2. The molecular weight excluding hydrogens is 442 g/mol. The minimum atomic E-state index is -0.421. The predicted molar refractivity (Wildman–Crippen MR) is 126 cm³/mol. The number of methoxy groups -OCH3 is 1. The number of para-hydroxylation sites is 1. The minimum Gasteiger partial charge on any atom is -0.489 e. The quantitative estimate of drug-likeness (QED) is 0.340. The molecule has 0 atom stereocenters. The summed E-state index contributed by atoms with van der Waals surface area (Å²) in [4.78, 5) is 27.2. The van der Waals surface area contributed by atoms with E-state index in [4.69, 9.17) is 14.2 Å². The molecule has 3 rings (SSSR count). The zero-order valence-electron chi connectivity index (χ0n) is 18.3. The number of rotatable bonds is 9. The summed E-state index contributed by atoms with van der Waals surface area (Å²) in [6.45, 7) is 5.29. The highest BCUT2D eigenvalue weighted by Crippen LogP contribution is 2.36. The molecule has 8 nitrogen and oxygen atoms in total. The first-order valence-electron chi connectivity index (χ1n) is 10.3. The van der Waals surface area contributed by atoms with Crippen LogP contribution in [0.1, 0.15) is 21.6 Å². The third-order valence-electron chi connectivity index (χ3n) is 4.87. The van der Waals surface area contributed by atoms with Crippen molar-refractivity contribution in [2.45, 2.75) is 13.0 Å². The fourth-order valence-electron chi connectivity index (χ4n) is 3.29. The maximum Gasteiger partial charge on any atom is 0.410 e. The summed E-state index contributed by atoms with van der Waals surface area (Å²) >= 11 is 1.30. The van der Waals surface area contributed by atoms with Crippen LogP contribution in [0.3, 0.4) is 0 Å². The number of amides is 2. The number of nitrogens with one attached hydrogen (secondary N) is 1. The van der Waals surface area contributed by atoms with Gasteiger partial charge in [0.25, 0.3) is 0 Å². The molecule has 33 heavy (non-hydrogen) atoms. The first kappa shape index (κ1) is 24.0. The van der Waals surface area contributed by atoms with E-state index in [1.165, 1.54) is 24.5 Å². The molecule has 0 unspecified atom stereocenters. The lowest BCUT2D eigenvalue weighted by Crippen LogP contribution is -2.36. The number of thiophene rings is 1. The van der Waals surface area contributed by atoms with Crippen molar-refractivity contribution in [1.82, 2.24) is 4.90 Å². The number of hydrogen-bond donors (Lipinski definition) is 1. The van der Waals surface area contributed by atoms with E-state index in [1.807, 2.05) is 24.3 Å². The number of anilines is 1. The number of benzene rings is 1. The lowest BCUT2D eigenvalue weighted by atomic mass is 10.0. The molecule has 0 saturated carbocycles. The first-order chi connectivity index (χ1) is 16.1. The van der Waals surface area contributed by atoms with Gasteiger partial charge >= 0.3 is 6.09 Å². The van der Waals surface area contributed by atoms with Gasteiger partial charge in [0.1, 0.15) is 30.0 Å². The van der Waals surface area contributed by atoms with Crippen LogP contribution in [0.2, 0.25) is 0 Å². The fourth-order valence-corrected chi connectivity index (χ4v) is 4.50. The van der Waals surface area contributed by atoms with Crippen LogP contribution in [0.15, 0.2) is 43.0 Å². The van der Waals surface area contributed by atoms with E-state index in [0.29, 0.717) is 49.0 Å². The van der Waals surface area contributed by atoms with Crippen LogP contribution in [-0.4, -0.2) is 50.4 Å². The van der Waals surface area contributed by atoms with Gasteiger partial charge in [0, 0.05) is 30.2 Å². The van der Waals surface area contributed by atoms with Gasteiger partial charge in [-0.3, -0.25) is 4.79 Å². The molecule has 0 fully saturated rings. The van der Waals surface area contributed by atoms with E-state index < -0.39 is 6.09 Å². The van der Waals surface area contributed by atoms with E-state index in [9.17, 15) is 14.9 Å². The van der Waals surface area contributed by atoms with Crippen molar-refractivity contribution in [2.24, 2.45) is 0 Å². The molecule has 1 aliphatic rings. The molecule has 0 saturated heterocycles. The highest BCUT2D eigenvalue weighted by molar-refractivity contribution is 7.16. The smallest absolute Gasteiger partial charge is 0.410 e. The molecule has 0 spiro atoms. The van der Waals surface area contributed by atoms with Crippen molar-refractivity contribution < 1.29 is 23.8 Å². The summed E-state index contributed by atoms with van der Waals surface area (Å²) in [6.07, 6.45) is 4.81. The Morgan fingerprint density at radius 1 is 1.33 bits per heavy atom. The van der Waals surface area contributed by atoms with E-state index in [1.54, 1.807) is 17.1 Å². The summed E-state index contributed by atoms with van der Waals surface area (Å²) in [6, 6.07) is 9.55. The molecule has 9 heteroatoms. The van der Waals surface area contributed by atoms with Gasteiger partial charge in [-0.15, -0.1) is 11.3 Å². The maximum atomic E-state index is 12.6. The largest absolute Gasteiger partial charge is 0.489 e. The molecule has 172 valence electrons. The Kier molecular flexibility index (Phi) is 8.63. The summed E-state index contributed by atoms with van der Waals surface area (Å²) < 4.78 is 15.7. The number of ether oxygens (including phenoxy) is 3. The Labute approximate surface area is 196 Å². The Hall–Kier alpha value is -3.61. The number of nitriles is 1. The number of hydrogen-bond acceptors (Lipinski definition) is 7. The Bertz CT molecular complexity index is 1090. The first-order valence-corrected chi connectivity index (χ1v) is 11.2. The Morgan fingerprint density at radius 2 is 2.15 bits per heavy atom. The number of fused-ring (bicyclic) bond motifs is 1. The monoisotopic (exact) mass is 467 g/mol. The van der Waals surface area contributed by atoms with E-state index in [0.717, 1.165) is 16.0 Å². The highest BCUT2D eigenvalue weighted by atomic mass is 32.1. The molecule has 0 bridgehead atoms. The lowest BCUT2D eigenvalue weighted by Gasteiger charge is -2.26. The minimum absolute atomic E-state index is 0.183.